The Bertz CT molecular complexity index is 323. The predicted molar refractivity (Wildman–Crippen MR) is 78.5 cm³/mol. The van der Waals surface area contributed by atoms with Crippen molar-refractivity contribution in [1.82, 2.24) is 5.32 Å². The van der Waals surface area contributed by atoms with E-state index in [2.05, 4.69) is 51.4 Å². The van der Waals surface area contributed by atoms with Crippen molar-refractivity contribution in [2.24, 2.45) is 5.92 Å². The van der Waals surface area contributed by atoms with Gasteiger partial charge in [-0.1, -0.05) is 0 Å². The van der Waals surface area contributed by atoms with Gasteiger partial charge in [-0.05, 0) is 58.8 Å². The molecule has 1 atom stereocenters. The topological polar surface area (TPSA) is 12.0 Å². The van der Waals surface area contributed by atoms with Crippen LogP contribution in [0.15, 0.2) is 15.9 Å². The fraction of sp³-hybridized carbons (Fsp3) is 0.667. The van der Waals surface area contributed by atoms with Crippen LogP contribution in [-0.4, -0.2) is 18.1 Å². The van der Waals surface area contributed by atoms with Crippen molar-refractivity contribution in [3.8, 4) is 0 Å². The van der Waals surface area contributed by atoms with Crippen molar-refractivity contribution in [1.29, 1.82) is 0 Å². The molecule has 1 unspecified atom stereocenters. The zero-order valence-corrected chi connectivity index (χ0v) is 12.8. The summed E-state index contributed by atoms with van der Waals surface area (Å²) in [4.78, 5) is 1.41. The minimum atomic E-state index is 0.468. The maximum atomic E-state index is 3.58. The van der Waals surface area contributed by atoms with E-state index in [0.29, 0.717) is 6.04 Å². The minimum absolute atomic E-state index is 0.468. The van der Waals surface area contributed by atoms with Gasteiger partial charge in [-0.25, -0.2) is 0 Å². The largest absolute Gasteiger partial charge is 0.309 e. The summed E-state index contributed by atoms with van der Waals surface area (Å²) in [5.41, 5.74) is 0. The highest BCUT2D eigenvalue weighted by atomic mass is 79.9. The number of thiophene rings is 1. The summed E-state index contributed by atoms with van der Waals surface area (Å²) in [6.45, 7) is 3.35. The second-order valence-electron chi connectivity index (χ2n) is 4.33. The molecular formula is C12H18BrNS2. The van der Waals surface area contributed by atoms with Crippen molar-refractivity contribution < 1.29 is 0 Å². The Morgan fingerprint density at radius 2 is 2.44 bits per heavy atom. The third-order valence-corrected chi connectivity index (χ3v) is 6.04. The van der Waals surface area contributed by atoms with E-state index in [9.17, 15) is 0 Å². The van der Waals surface area contributed by atoms with E-state index < -0.39 is 0 Å². The summed E-state index contributed by atoms with van der Waals surface area (Å²) < 4.78 is 1.24. The van der Waals surface area contributed by atoms with Crippen molar-refractivity contribution in [2.75, 3.05) is 18.1 Å². The molecule has 0 amide bonds. The van der Waals surface area contributed by atoms with Crippen LogP contribution in [0, 0.1) is 5.92 Å². The molecule has 1 saturated carbocycles. The molecule has 0 saturated heterocycles. The molecule has 1 aliphatic carbocycles. The molecule has 16 heavy (non-hydrogen) atoms. The molecule has 2 rings (SSSR count). The van der Waals surface area contributed by atoms with Crippen LogP contribution in [0.1, 0.15) is 30.7 Å². The molecule has 0 bridgehead atoms. The van der Waals surface area contributed by atoms with E-state index in [1.54, 1.807) is 0 Å². The molecule has 0 spiro atoms. The van der Waals surface area contributed by atoms with Crippen molar-refractivity contribution in [2.45, 2.75) is 25.8 Å². The van der Waals surface area contributed by atoms with E-state index in [-0.39, 0.29) is 0 Å². The van der Waals surface area contributed by atoms with Gasteiger partial charge in [0.15, 0.2) is 0 Å². The van der Waals surface area contributed by atoms with Crippen LogP contribution in [0.5, 0.6) is 0 Å². The Hall–Kier alpha value is 0.490. The molecule has 0 aliphatic heterocycles. The Kier molecular flexibility index (Phi) is 5.20. The van der Waals surface area contributed by atoms with Crippen molar-refractivity contribution in [3.05, 3.63) is 20.8 Å². The van der Waals surface area contributed by atoms with Gasteiger partial charge in [0.1, 0.15) is 0 Å². The second kappa shape index (κ2) is 6.43. The van der Waals surface area contributed by atoms with Gasteiger partial charge in [-0.15, -0.1) is 11.3 Å². The van der Waals surface area contributed by atoms with Crippen molar-refractivity contribution >= 4 is 39.0 Å². The van der Waals surface area contributed by atoms with E-state index in [1.165, 1.54) is 33.7 Å². The van der Waals surface area contributed by atoms with Gasteiger partial charge in [0, 0.05) is 27.7 Å². The molecule has 1 fully saturated rings. The average Bonchev–Trinajstić information content (AvgIpc) is 2.99. The van der Waals surface area contributed by atoms with Crippen LogP contribution in [0.25, 0.3) is 0 Å². The van der Waals surface area contributed by atoms with Gasteiger partial charge in [0.25, 0.3) is 0 Å². The van der Waals surface area contributed by atoms with Gasteiger partial charge in [-0.2, -0.15) is 11.8 Å². The van der Waals surface area contributed by atoms with Crippen LogP contribution in [0.4, 0.5) is 0 Å². The van der Waals surface area contributed by atoms with E-state index >= 15 is 0 Å². The smallest absolute Gasteiger partial charge is 0.0397 e. The molecule has 0 aromatic carbocycles. The summed E-state index contributed by atoms with van der Waals surface area (Å²) in [5, 5.41) is 5.72. The first kappa shape index (κ1) is 12.9. The Labute approximate surface area is 115 Å². The van der Waals surface area contributed by atoms with Crippen LogP contribution in [0.2, 0.25) is 0 Å². The van der Waals surface area contributed by atoms with E-state index in [0.717, 1.165) is 12.5 Å². The van der Waals surface area contributed by atoms with Crippen molar-refractivity contribution in [3.63, 3.8) is 0 Å². The highest BCUT2D eigenvalue weighted by Crippen LogP contribution is 2.32. The van der Waals surface area contributed by atoms with Crippen LogP contribution in [0.3, 0.4) is 0 Å². The number of hydrogen-bond donors (Lipinski definition) is 1. The van der Waals surface area contributed by atoms with Crippen LogP contribution < -0.4 is 5.32 Å². The molecule has 4 heteroatoms. The molecule has 0 radical (unpaired) electrons. The third-order valence-electron chi connectivity index (χ3n) is 2.79. The number of nitrogens with one attached hydrogen (secondary N) is 1. The van der Waals surface area contributed by atoms with Gasteiger partial charge >= 0.3 is 0 Å². The maximum absolute atomic E-state index is 3.58. The Morgan fingerprint density at radius 3 is 3.06 bits per heavy atom. The molecule has 90 valence electrons. The lowest BCUT2D eigenvalue weighted by molar-refractivity contribution is 0.608. The zero-order valence-electron chi connectivity index (χ0n) is 9.54. The third kappa shape index (κ3) is 4.06. The Morgan fingerprint density at radius 1 is 1.62 bits per heavy atom. The molecular weight excluding hydrogens is 302 g/mol. The quantitative estimate of drug-likeness (QED) is 0.752. The first-order valence-electron chi connectivity index (χ1n) is 5.81. The normalized spacial score (nSPS) is 17.6. The fourth-order valence-electron chi connectivity index (χ4n) is 1.59. The lowest BCUT2D eigenvalue weighted by atomic mass is 10.3. The van der Waals surface area contributed by atoms with Crippen LogP contribution in [-0.2, 0) is 0 Å². The average molecular weight is 320 g/mol. The Balaban J connectivity index is 1.59. The standard InChI is InChI=1S/C12H18BrNS2/c1-9(12-11(13)4-6-16-12)14-5-7-15-8-10-2-3-10/h4,6,9-10,14H,2-3,5,7-8H2,1H3. The number of halogens is 1. The molecule has 1 heterocycles. The SMILES string of the molecule is CC(NCCSCC1CC1)c1sccc1Br. The number of rotatable bonds is 7. The van der Waals surface area contributed by atoms with Gasteiger partial charge in [0.05, 0.1) is 0 Å². The summed E-state index contributed by atoms with van der Waals surface area (Å²) in [6, 6.07) is 2.59. The molecule has 1 nitrogen and oxygen atoms in total. The summed E-state index contributed by atoms with van der Waals surface area (Å²) in [6.07, 6.45) is 2.94. The zero-order chi connectivity index (χ0) is 11.4. The van der Waals surface area contributed by atoms with Gasteiger partial charge in [0.2, 0.25) is 0 Å². The molecule has 1 aromatic heterocycles. The molecule has 1 aliphatic rings. The first-order valence-corrected chi connectivity index (χ1v) is 8.64. The van der Waals surface area contributed by atoms with Gasteiger partial charge < -0.3 is 5.32 Å². The monoisotopic (exact) mass is 319 g/mol. The second-order valence-corrected chi connectivity index (χ2v) is 7.28. The summed E-state index contributed by atoms with van der Waals surface area (Å²) in [5.74, 6) is 3.66. The fourth-order valence-corrected chi connectivity index (χ4v) is 4.43. The first-order chi connectivity index (χ1) is 7.77. The number of hydrogen-bond acceptors (Lipinski definition) is 3. The lowest BCUT2D eigenvalue weighted by Crippen LogP contribution is -2.21. The van der Waals surface area contributed by atoms with Gasteiger partial charge in [-0.3, -0.25) is 0 Å². The summed E-state index contributed by atoms with van der Waals surface area (Å²) >= 11 is 7.50. The predicted octanol–water partition coefficient (Wildman–Crippen LogP) is 4.30. The van der Waals surface area contributed by atoms with E-state index in [4.69, 9.17) is 0 Å². The number of thioether (sulfide) groups is 1. The van der Waals surface area contributed by atoms with Crippen LogP contribution >= 0.6 is 39.0 Å². The summed E-state index contributed by atoms with van der Waals surface area (Å²) in [7, 11) is 0. The highest BCUT2D eigenvalue weighted by molar-refractivity contribution is 9.10. The highest BCUT2D eigenvalue weighted by Gasteiger charge is 2.20. The lowest BCUT2D eigenvalue weighted by Gasteiger charge is -2.12. The maximum Gasteiger partial charge on any atom is 0.0397 e. The molecule has 1 N–H and O–H groups in total. The minimum Gasteiger partial charge on any atom is -0.309 e. The molecule has 1 aromatic rings. The van der Waals surface area contributed by atoms with E-state index in [1.807, 2.05) is 11.3 Å².